The van der Waals surface area contributed by atoms with E-state index in [1.54, 1.807) is 30.3 Å². The van der Waals surface area contributed by atoms with E-state index >= 15 is 0 Å². The SMILES string of the molecule is CC(CCCC=CC(=O)NOc1cccc(N)c1)[C@H]1CC[C@H]2[C@@H]3CCC4CCCC[C@]4(C)[C@H]3CC[C@]12C. The Morgan fingerprint density at radius 2 is 1.92 bits per heavy atom. The molecule has 0 aliphatic heterocycles. The maximum atomic E-state index is 12.1. The standard InChI is InChI=1S/C33H50N2O2/c1-23(10-5-4-6-14-31(36)35-37-26-13-9-12-25(34)22-26)28-17-18-29-27-16-15-24-11-7-8-20-32(24,2)30(27)19-21-33(28,29)3/h6,9,12-14,22-24,27-30H,4-5,7-8,10-11,15-21,34H2,1-3H3,(H,35,36)/t23?,24?,27-,28+,29-,30-,32-,33+/m0/s1. The van der Waals surface area contributed by atoms with Gasteiger partial charge < -0.3 is 10.6 Å². The van der Waals surface area contributed by atoms with Gasteiger partial charge in [0.1, 0.15) is 0 Å². The van der Waals surface area contributed by atoms with Gasteiger partial charge in [-0.2, -0.15) is 5.48 Å². The highest BCUT2D eigenvalue weighted by atomic mass is 16.7. The summed E-state index contributed by atoms with van der Waals surface area (Å²) in [4.78, 5) is 17.4. The van der Waals surface area contributed by atoms with Crippen molar-refractivity contribution in [2.45, 2.75) is 104 Å². The fourth-order valence-electron chi connectivity index (χ4n) is 9.94. The van der Waals surface area contributed by atoms with E-state index in [-0.39, 0.29) is 5.91 Å². The molecular weight excluding hydrogens is 456 g/mol. The van der Waals surface area contributed by atoms with Crippen LogP contribution in [0.25, 0.3) is 0 Å². The molecule has 4 aliphatic rings. The minimum atomic E-state index is -0.236. The van der Waals surface area contributed by atoms with E-state index in [2.05, 4.69) is 26.3 Å². The molecule has 1 aromatic carbocycles. The number of nitrogens with one attached hydrogen (secondary N) is 1. The van der Waals surface area contributed by atoms with Gasteiger partial charge in [-0.05, 0) is 123 Å². The third-order valence-electron chi connectivity index (χ3n) is 11.8. The molecule has 5 rings (SSSR count). The summed E-state index contributed by atoms with van der Waals surface area (Å²) in [5, 5.41) is 0. The summed E-state index contributed by atoms with van der Waals surface area (Å²) in [5.41, 5.74) is 10.0. The zero-order valence-electron chi connectivity index (χ0n) is 23.5. The summed E-state index contributed by atoms with van der Waals surface area (Å²) in [5.74, 6) is 5.90. The molecule has 4 fully saturated rings. The molecule has 0 spiro atoms. The lowest BCUT2D eigenvalue weighted by Crippen LogP contribution is -2.53. The van der Waals surface area contributed by atoms with Crippen molar-refractivity contribution in [3.63, 3.8) is 0 Å². The number of rotatable bonds is 8. The zero-order valence-corrected chi connectivity index (χ0v) is 23.5. The Bertz CT molecular complexity index is 975. The van der Waals surface area contributed by atoms with E-state index in [4.69, 9.17) is 10.6 Å². The maximum Gasteiger partial charge on any atom is 0.276 e. The van der Waals surface area contributed by atoms with Crippen LogP contribution in [0.4, 0.5) is 5.69 Å². The van der Waals surface area contributed by atoms with Crippen molar-refractivity contribution < 1.29 is 9.63 Å². The Morgan fingerprint density at radius 1 is 1.08 bits per heavy atom. The van der Waals surface area contributed by atoms with Crippen molar-refractivity contribution in [1.29, 1.82) is 0 Å². The first-order valence-corrected chi connectivity index (χ1v) is 15.3. The van der Waals surface area contributed by atoms with Gasteiger partial charge in [0, 0.05) is 17.8 Å². The van der Waals surface area contributed by atoms with E-state index in [9.17, 15) is 4.79 Å². The van der Waals surface area contributed by atoms with Crippen LogP contribution in [0.5, 0.6) is 5.75 Å². The molecule has 4 saturated carbocycles. The second-order valence-corrected chi connectivity index (χ2v) is 13.6. The number of anilines is 1. The average Bonchev–Trinajstić information content (AvgIpc) is 3.24. The monoisotopic (exact) mass is 506 g/mol. The van der Waals surface area contributed by atoms with Gasteiger partial charge in [-0.1, -0.05) is 52.2 Å². The van der Waals surface area contributed by atoms with Gasteiger partial charge >= 0.3 is 0 Å². The first kappa shape index (κ1) is 26.6. The minimum Gasteiger partial charge on any atom is -0.399 e. The normalized spacial score (nSPS) is 37.9. The van der Waals surface area contributed by atoms with Crippen LogP contribution >= 0.6 is 0 Å². The Balaban J connectivity index is 1.09. The van der Waals surface area contributed by atoms with Crippen LogP contribution < -0.4 is 16.1 Å². The molecule has 37 heavy (non-hydrogen) atoms. The van der Waals surface area contributed by atoms with Crippen LogP contribution in [-0.2, 0) is 4.79 Å². The van der Waals surface area contributed by atoms with Crippen molar-refractivity contribution in [2.75, 3.05) is 5.73 Å². The van der Waals surface area contributed by atoms with Gasteiger partial charge in [0.05, 0.1) is 0 Å². The van der Waals surface area contributed by atoms with Gasteiger partial charge in [0.2, 0.25) is 0 Å². The number of allylic oxidation sites excluding steroid dienone is 1. The Labute approximate surface area is 225 Å². The van der Waals surface area contributed by atoms with Gasteiger partial charge in [0.15, 0.2) is 5.75 Å². The van der Waals surface area contributed by atoms with E-state index in [1.165, 1.54) is 70.6 Å². The summed E-state index contributed by atoms with van der Waals surface area (Å²) in [6, 6.07) is 7.04. The Morgan fingerprint density at radius 3 is 2.76 bits per heavy atom. The van der Waals surface area contributed by atoms with Crippen molar-refractivity contribution in [1.82, 2.24) is 5.48 Å². The van der Waals surface area contributed by atoms with Crippen molar-refractivity contribution in [3.8, 4) is 5.75 Å². The third-order valence-corrected chi connectivity index (χ3v) is 11.8. The largest absolute Gasteiger partial charge is 0.399 e. The van der Waals surface area contributed by atoms with E-state index in [0.29, 0.717) is 22.3 Å². The molecule has 1 aromatic rings. The molecule has 0 aromatic heterocycles. The maximum absolute atomic E-state index is 12.1. The summed E-state index contributed by atoms with van der Waals surface area (Å²) in [6.07, 6.45) is 21.8. The van der Waals surface area contributed by atoms with Crippen LogP contribution in [0.3, 0.4) is 0 Å². The number of unbranched alkanes of at least 4 members (excludes halogenated alkanes) is 1. The number of benzene rings is 1. The molecule has 8 atom stereocenters. The minimum absolute atomic E-state index is 0.236. The zero-order chi connectivity index (χ0) is 26.0. The number of hydrogen-bond acceptors (Lipinski definition) is 3. The predicted molar refractivity (Wildman–Crippen MR) is 152 cm³/mol. The molecule has 4 heteroatoms. The Hall–Kier alpha value is -1.97. The number of hydrogen-bond donors (Lipinski definition) is 2. The summed E-state index contributed by atoms with van der Waals surface area (Å²) >= 11 is 0. The van der Waals surface area contributed by atoms with Gasteiger partial charge in [-0.15, -0.1) is 0 Å². The molecular formula is C33H50N2O2. The van der Waals surface area contributed by atoms with E-state index < -0.39 is 0 Å². The lowest BCUT2D eigenvalue weighted by Gasteiger charge is -2.61. The number of hydroxylamine groups is 1. The molecule has 204 valence electrons. The molecule has 0 heterocycles. The summed E-state index contributed by atoms with van der Waals surface area (Å²) in [6.45, 7) is 7.89. The average molecular weight is 507 g/mol. The van der Waals surface area contributed by atoms with Crippen LogP contribution in [0.1, 0.15) is 104 Å². The topological polar surface area (TPSA) is 64.3 Å². The number of amides is 1. The van der Waals surface area contributed by atoms with Gasteiger partial charge in [-0.3, -0.25) is 4.79 Å². The number of carbonyl (C=O) groups is 1. The van der Waals surface area contributed by atoms with E-state index in [1.807, 2.05) is 6.08 Å². The smallest absolute Gasteiger partial charge is 0.276 e. The second kappa shape index (κ2) is 11.0. The molecule has 2 unspecified atom stereocenters. The molecule has 0 saturated heterocycles. The van der Waals surface area contributed by atoms with Crippen LogP contribution in [0, 0.1) is 46.3 Å². The molecule has 0 radical (unpaired) electrons. The molecule has 4 aliphatic carbocycles. The van der Waals surface area contributed by atoms with Crippen LogP contribution in [0.15, 0.2) is 36.4 Å². The van der Waals surface area contributed by atoms with E-state index in [0.717, 1.165) is 48.3 Å². The second-order valence-electron chi connectivity index (χ2n) is 13.6. The Kier molecular flexibility index (Phi) is 7.93. The first-order chi connectivity index (χ1) is 17.8. The highest BCUT2D eigenvalue weighted by Crippen LogP contribution is 2.68. The van der Waals surface area contributed by atoms with Crippen molar-refractivity contribution >= 4 is 11.6 Å². The summed E-state index contributed by atoms with van der Waals surface area (Å²) in [7, 11) is 0. The number of carbonyl (C=O) groups excluding carboxylic acids is 1. The first-order valence-electron chi connectivity index (χ1n) is 15.3. The van der Waals surface area contributed by atoms with Gasteiger partial charge in [0.25, 0.3) is 5.91 Å². The predicted octanol–water partition coefficient (Wildman–Crippen LogP) is 8.09. The van der Waals surface area contributed by atoms with Gasteiger partial charge in [-0.25, -0.2) is 0 Å². The highest BCUT2D eigenvalue weighted by molar-refractivity contribution is 5.86. The van der Waals surface area contributed by atoms with Crippen LogP contribution in [-0.4, -0.2) is 5.91 Å². The van der Waals surface area contributed by atoms with Crippen molar-refractivity contribution in [2.24, 2.45) is 46.3 Å². The fraction of sp³-hybridized carbons (Fsp3) is 0.727. The van der Waals surface area contributed by atoms with Crippen LogP contribution in [0.2, 0.25) is 0 Å². The van der Waals surface area contributed by atoms with Crippen molar-refractivity contribution in [3.05, 3.63) is 36.4 Å². The molecule has 0 bridgehead atoms. The molecule has 4 nitrogen and oxygen atoms in total. The quantitative estimate of drug-likeness (QED) is 0.162. The fourth-order valence-corrected chi connectivity index (χ4v) is 9.94. The number of fused-ring (bicyclic) bond motifs is 5. The lowest BCUT2D eigenvalue weighted by molar-refractivity contribution is -0.122. The highest BCUT2D eigenvalue weighted by Gasteiger charge is 2.60. The summed E-state index contributed by atoms with van der Waals surface area (Å²) < 4.78 is 0. The molecule has 1 amide bonds. The number of nitrogens with two attached hydrogens (primary N) is 1. The lowest BCUT2D eigenvalue weighted by atomic mass is 9.44. The number of nitrogen functional groups attached to an aromatic ring is 1. The third kappa shape index (κ3) is 5.32. The molecule has 3 N–H and O–H groups in total.